The number of nitrogens with two attached hydrogens (primary N) is 1. The van der Waals surface area contributed by atoms with E-state index in [-0.39, 0.29) is 91.0 Å². The number of aryl methyl sites for hydroxylation is 1. The molecule has 2 aliphatic heterocycles. The smallest absolute Gasteiger partial charge is 0.238 e. The molecule has 9 nitrogen and oxygen atoms in total. The van der Waals surface area contributed by atoms with Crippen LogP contribution in [0, 0.1) is 24.2 Å². The molecular weight excluding hydrogens is 524 g/mol. The van der Waals surface area contributed by atoms with Crippen LogP contribution in [0.25, 0.3) is 0 Å². The zero-order valence-electron chi connectivity index (χ0n) is 19.6. The number of piperidine rings is 2. The van der Waals surface area contributed by atoms with Crippen molar-refractivity contribution in [3.63, 3.8) is 0 Å². The number of aromatic nitrogens is 3. The summed E-state index contributed by atoms with van der Waals surface area (Å²) in [6, 6.07) is 1.75. The molecule has 2 radical (unpaired) electrons. The number of carbonyl (C=O) groups excluding carboxylic acids is 1. The third-order valence-corrected chi connectivity index (χ3v) is 5.13. The first-order valence-electron chi connectivity index (χ1n) is 10.3. The van der Waals surface area contributed by atoms with E-state index in [4.69, 9.17) is 11.1 Å². The maximum atomic E-state index is 11.2. The largest absolute Gasteiger partial charge is 0.346 e. The number of carbonyl (C=O) groups is 1. The van der Waals surface area contributed by atoms with Gasteiger partial charge in [-0.2, -0.15) is 30.2 Å². The Morgan fingerprint density at radius 3 is 1.79 bits per heavy atom. The zero-order chi connectivity index (χ0) is 21.6. The molecule has 1 aromatic heterocycles. The minimum absolute atomic E-state index is 0. The van der Waals surface area contributed by atoms with E-state index < -0.39 is 0 Å². The van der Waals surface area contributed by atoms with Crippen molar-refractivity contribution in [3.05, 3.63) is 11.6 Å². The fourth-order valence-electron chi connectivity index (χ4n) is 3.57. The fraction of sp³-hybridized carbons (Fsp3) is 0.846. The number of nitrogens with one attached hydrogen (secondary N) is 2. The highest BCUT2D eigenvalue weighted by Crippen LogP contribution is 2.23. The van der Waals surface area contributed by atoms with Gasteiger partial charge in [0.15, 0.2) is 5.82 Å². The van der Waals surface area contributed by atoms with Crippen LogP contribution >= 0.6 is 19.8 Å². The first kappa shape index (κ1) is 66.3. The number of H-pyrrole nitrogens is 1. The van der Waals surface area contributed by atoms with Gasteiger partial charge in [-0.05, 0) is 58.8 Å². The lowest BCUT2D eigenvalue weighted by atomic mass is 9.87. The van der Waals surface area contributed by atoms with Crippen molar-refractivity contribution in [2.24, 2.45) is 11.8 Å². The van der Waals surface area contributed by atoms with Crippen molar-refractivity contribution in [2.75, 3.05) is 26.2 Å². The van der Waals surface area contributed by atoms with Gasteiger partial charge in [0.25, 0.3) is 0 Å². The van der Waals surface area contributed by atoms with E-state index in [9.17, 15) is 4.79 Å². The molecule has 13 heteroatoms. The first-order valence-corrected chi connectivity index (χ1v) is 10.3. The number of hydrogen-bond acceptors (Lipinski definition) is 7. The number of hydrazine groups is 1. The number of rotatable bonds is 4. The summed E-state index contributed by atoms with van der Waals surface area (Å²) in [5.41, 5.74) is 2.20. The van der Waals surface area contributed by atoms with Gasteiger partial charge in [0, 0.05) is 12.8 Å². The van der Waals surface area contributed by atoms with Crippen LogP contribution < -0.4 is 11.3 Å². The second kappa shape index (κ2) is 39.1. The Bertz CT molecular complexity index is 652. The number of hydrogen-bond donors (Lipinski definition) is 3. The van der Waals surface area contributed by atoms with Crippen LogP contribution in [-0.4, -0.2) is 71.7 Å². The highest BCUT2D eigenvalue weighted by atomic mass is 31.0. The molecule has 3 heterocycles. The van der Waals surface area contributed by atoms with Crippen LogP contribution in [0.4, 0.5) is 0 Å². The molecule has 0 spiro atoms. The molecule has 0 aromatic carbocycles. The molecule has 4 N–H and O–H groups in total. The van der Waals surface area contributed by atoms with Gasteiger partial charge >= 0.3 is 0 Å². The van der Waals surface area contributed by atoms with Gasteiger partial charge in [0.2, 0.25) is 20.7 Å². The molecule has 3 rings (SSSR count). The van der Waals surface area contributed by atoms with Gasteiger partial charge in [0.05, 0.1) is 12.0 Å². The van der Waals surface area contributed by atoms with Crippen LogP contribution in [-0.2, 0) is 4.79 Å². The van der Waals surface area contributed by atoms with Crippen molar-refractivity contribution >= 4 is 40.5 Å². The van der Waals surface area contributed by atoms with Crippen LogP contribution in [0.2, 0.25) is 13.6 Å². The Morgan fingerprint density at radius 1 is 0.974 bits per heavy atom. The lowest BCUT2D eigenvalue weighted by molar-refractivity contribution is -0.126. The molecule has 0 saturated carbocycles. The van der Waals surface area contributed by atoms with E-state index >= 15 is 0 Å². The van der Waals surface area contributed by atoms with Gasteiger partial charge in [-0.15, -0.1) is 0 Å². The third-order valence-electron chi connectivity index (χ3n) is 5.13. The van der Waals surface area contributed by atoms with E-state index in [2.05, 4.69) is 44.5 Å². The summed E-state index contributed by atoms with van der Waals surface area (Å²) < 4.78 is 0. The molecule has 4 unspecified atom stereocenters. The second-order valence-electron chi connectivity index (χ2n) is 7.20. The predicted octanol–water partition coefficient (Wildman–Crippen LogP) is 6.05. The predicted molar refractivity (Wildman–Crippen MR) is 192 cm³/mol. The summed E-state index contributed by atoms with van der Waals surface area (Å²) in [4.78, 5) is 20.1. The maximum Gasteiger partial charge on any atom is 0.238 e. The topological polar surface area (TPSA) is 127 Å². The number of aromatic amines is 1. The lowest BCUT2D eigenvalue weighted by Crippen LogP contribution is -2.45. The molecule has 1 aromatic rings. The fourth-order valence-corrected chi connectivity index (χ4v) is 3.57. The van der Waals surface area contributed by atoms with E-state index in [0.29, 0.717) is 5.92 Å². The van der Waals surface area contributed by atoms with Gasteiger partial charge in [-0.3, -0.25) is 15.3 Å². The summed E-state index contributed by atoms with van der Waals surface area (Å²) in [6.45, 7) is 11.6. The lowest BCUT2D eigenvalue weighted by Gasteiger charge is -2.30. The molecule has 2 saturated heterocycles. The highest BCUT2D eigenvalue weighted by molar-refractivity contribution is 6.92. The zero-order valence-corrected chi connectivity index (χ0v) is 22.4. The van der Waals surface area contributed by atoms with Crippen LogP contribution in [0.15, 0.2) is 0 Å². The van der Waals surface area contributed by atoms with E-state index in [1.165, 1.54) is 26.3 Å². The summed E-state index contributed by atoms with van der Waals surface area (Å²) in [6.07, 6.45) is 4.47. The molecule has 39 heavy (non-hydrogen) atoms. The standard InChI is InChI=1S/C9H16BN4.C7H15BN3O.C2H3N.8CH4.2H3P/c1-7-11-9(13-12-7)8-4-3-5-14(6-8)10-2;1-8-11-4-2-3-6(5-11)7(12)10-9;1-2-3;;;;;;;;;;/h8H,3-6H2,1-2H3,(H,11,12,13);6H,2-5,9H2,1H3,(H,10,12);1H3;8*1H4;2*1H3. The second-order valence-corrected chi connectivity index (χ2v) is 7.20. The van der Waals surface area contributed by atoms with Crippen molar-refractivity contribution in [3.8, 4) is 6.07 Å². The van der Waals surface area contributed by atoms with E-state index in [1.54, 1.807) is 6.07 Å². The maximum absolute atomic E-state index is 11.2. The molecule has 0 aliphatic carbocycles. The summed E-state index contributed by atoms with van der Waals surface area (Å²) >= 11 is 0. The average molecular weight is 596 g/mol. The number of nitriles is 1. The monoisotopic (exact) mass is 597 g/mol. The van der Waals surface area contributed by atoms with Crippen molar-refractivity contribution in [2.45, 2.75) is 119 Å². The minimum Gasteiger partial charge on any atom is -0.346 e. The Balaban J connectivity index is -0.0000000399. The Kier molecular flexibility index (Phi) is 66.5. The minimum atomic E-state index is -0.0402. The SMILES string of the molecule is C.C.C.C.C.C.C.C.CC#N.C[B]N1CCCC(C(=O)NN)C1.C[B]N1CCCC(c2n[nH]c(C)n2)C1.P.P. The van der Waals surface area contributed by atoms with Crippen molar-refractivity contribution in [1.29, 1.82) is 5.26 Å². The molecule has 2 fully saturated rings. The molecule has 1 amide bonds. The molecule has 2 aliphatic rings. The number of nitrogens with zero attached hydrogens (tertiary/aromatic N) is 5. The molecule has 0 bridgehead atoms. The molecule has 4 atom stereocenters. The summed E-state index contributed by atoms with van der Waals surface area (Å²) in [5, 5.41) is 14.5. The molecular formula is C26H72B2N8OP2. The Hall–Kier alpha value is -1.03. The molecule has 238 valence electrons. The van der Waals surface area contributed by atoms with Gasteiger partial charge in [-0.1, -0.05) is 73.1 Å². The van der Waals surface area contributed by atoms with Crippen LogP contribution in [0.3, 0.4) is 0 Å². The van der Waals surface area contributed by atoms with Crippen LogP contribution in [0.1, 0.15) is 110 Å². The Labute approximate surface area is 254 Å². The van der Waals surface area contributed by atoms with Crippen molar-refractivity contribution < 1.29 is 4.79 Å². The van der Waals surface area contributed by atoms with Crippen molar-refractivity contribution in [1.82, 2.24) is 30.2 Å². The Morgan fingerprint density at radius 2 is 1.41 bits per heavy atom. The third kappa shape index (κ3) is 25.7. The van der Waals surface area contributed by atoms with Gasteiger partial charge in [0.1, 0.15) is 5.82 Å². The first-order chi connectivity index (χ1) is 14.0. The normalized spacial score (nSPS) is 16.4. The summed E-state index contributed by atoms with van der Waals surface area (Å²) in [7, 11) is 4.18. The highest BCUT2D eigenvalue weighted by Gasteiger charge is 2.24. The van der Waals surface area contributed by atoms with Crippen LogP contribution in [0.5, 0.6) is 0 Å². The quantitative estimate of drug-likeness (QED) is 0.127. The van der Waals surface area contributed by atoms with E-state index in [0.717, 1.165) is 44.1 Å². The van der Waals surface area contributed by atoms with Gasteiger partial charge in [-0.25, -0.2) is 10.8 Å². The van der Waals surface area contributed by atoms with E-state index in [1.807, 2.05) is 21.2 Å². The average Bonchev–Trinajstić information content (AvgIpc) is 3.20. The summed E-state index contributed by atoms with van der Waals surface area (Å²) in [5.74, 6) is 7.49. The van der Waals surface area contributed by atoms with Gasteiger partial charge < -0.3 is 9.62 Å². The number of amides is 1.